The monoisotopic (exact) mass is 456 g/mol. The molecule has 1 unspecified atom stereocenters. The molecule has 2 aromatic carbocycles. The van der Waals surface area contributed by atoms with Crippen molar-refractivity contribution in [2.24, 2.45) is 7.05 Å². The van der Waals surface area contributed by atoms with Crippen LogP contribution in [0.15, 0.2) is 71.7 Å². The van der Waals surface area contributed by atoms with Crippen LogP contribution in [0.3, 0.4) is 0 Å². The molecule has 0 saturated carbocycles. The largest absolute Gasteiger partial charge is 0.421 e. The lowest BCUT2D eigenvalue weighted by molar-refractivity contribution is 0.408. The molecule has 1 atom stereocenters. The van der Waals surface area contributed by atoms with Crippen molar-refractivity contribution in [2.75, 3.05) is 5.32 Å². The fourth-order valence-electron chi connectivity index (χ4n) is 4.36. The average molecular weight is 457 g/mol. The lowest BCUT2D eigenvalue weighted by Gasteiger charge is -2.27. The van der Waals surface area contributed by atoms with E-state index in [0.29, 0.717) is 17.1 Å². The molecule has 0 spiro atoms. The van der Waals surface area contributed by atoms with Crippen molar-refractivity contribution in [3.63, 3.8) is 0 Å². The quantitative estimate of drug-likeness (QED) is 0.425. The van der Waals surface area contributed by atoms with Crippen molar-refractivity contribution in [3.05, 3.63) is 99.7 Å². The van der Waals surface area contributed by atoms with Crippen molar-refractivity contribution in [3.8, 4) is 23.0 Å². The number of rotatable bonds is 5. The number of para-hydroxylation sites is 1. The molecule has 2 heterocycles. The van der Waals surface area contributed by atoms with E-state index in [0.717, 1.165) is 24.8 Å². The number of aryl methyl sites for hydroxylation is 3. The SMILES string of the molecule is Cc1cccc(F)c1Oc1nc(NC2CCCc3ccccc32)cc(-c2ccc(=O)n(C)c2)n1. The predicted molar refractivity (Wildman–Crippen MR) is 130 cm³/mol. The first-order valence-corrected chi connectivity index (χ1v) is 11.3. The van der Waals surface area contributed by atoms with E-state index in [2.05, 4.69) is 33.5 Å². The molecular formula is C27H25FN4O2. The molecule has 34 heavy (non-hydrogen) atoms. The summed E-state index contributed by atoms with van der Waals surface area (Å²) in [6.45, 7) is 1.77. The lowest BCUT2D eigenvalue weighted by Crippen LogP contribution is -2.18. The molecule has 4 aromatic rings. The summed E-state index contributed by atoms with van der Waals surface area (Å²) in [6, 6.07) is 18.3. The summed E-state index contributed by atoms with van der Waals surface area (Å²) >= 11 is 0. The standard InChI is InChI=1S/C27H25FN4O2/c1-17-7-5-11-21(28)26(17)34-27-30-23(19-13-14-25(33)32(2)16-19)15-24(31-27)29-22-12-6-9-18-8-3-4-10-20(18)22/h3-5,7-8,10-11,13-16,22H,6,9,12H2,1-2H3,(H,29,30,31). The van der Waals surface area contributed by atoms with Gasteiger partial charge in [0.05, 0.1) is 11.7 Å². The number of halogens is 1. The van der Waals surface area contributed by atoms with Crippen LogP contribution in [0.2, 0.25) is 0 Å². The topological polar surface area (TPSA) is 69.0 Å². The highest BCUT2D eigenvalue weighted by Gasteiger charge is 2.21. The zero-order chi connectivity index (χ0) is 23.7. The Labute approximate surface area is 197 Å². The van der Waals surface area contributed by atoms with Crippen molar-refractivity contribution in [2.45, 2.75) is 32.2 Å². The molecule has 1 N–H and O–H groups in total. The van der Waals surface area contributed by atoms with Crippen LogP contribution in [0, 0.1) is 12.7 Å². The van der Waals surface area contributed by atoms with Crippen LogP contribution < -0.4 is 15.6 Å². The molecular weight excluding hydrogens is 431 g/mol. The van der Waals surface area contributed by atoms with Crippen LogP contribution in [0.1, 0.15) is 35.6 Å². The van der Waals surface area contributed by atoms with Gasteiger partial charge >= 0.3 is 6.01 Å². The average Bonchev–Trinajstić information content (AvgIpc) is 2.83. The molecule has 5 rings (SSSR count). The van der Waals surface area contributed by atoms with E-state index in [1.807, 2.05) is 12.1 Å². The Morgan fingerprint density at radius 1 is 1.09 bits per heavy atom. The summed E-state index contributed by atoms with van der Waals surface area (Å²) in [5, 5.41) is 3.54. The zero-order valence-corrected chi connectivity index (χ0v) is 19.1. The van der Waals surface area contributed by atoms with Crippen LogP contribution in [0.25, 0.3) is 11.3 Å². The zero-order valence-electron chi connectivity index (χ0n) is 19.1. The number of pyridine rings is 1. The van der Waals surface area contributed by atoms with Crippen LogP contribution in [0.4, 0.5) is 10.2 Å². The van der Waals surface area contributed by atoms with E-state index in [1.165, 1.54) is 27.8 Å². The number of aromatic nitrogens is 3. The fraction of sp³-hybridized carbons (Fsp3) is 0.222. The van der Waals surface area contributed by atoms with Crippen molar-refractivity contribution in [1.82, 2.24) is 14.5 Å². The highest BCUT2D eigenvalue weighted by atomic mass is 19.1. The molecule has 7 heteroatoms. The maximum atomic E-state index is 14.5. The summed E-state index contributed by atoms with van der Waals surface area (Å²) in [5.41, 5.74) is 4.41. The number of nitrogens with zero attached hydrogens (tertiary/aromatic N) is 3. The van der Waals surface area contributed by atoms with Gasteiger partial charge in [-0.2, -0.15) is 9.97 Å². The van der Waals surface area contributed by atoms with Gasteiger partial charge < -0.3 is 14.6 Å². The van der Waals surface area contributed by atoms with Crippen LogP contribution in [-0.4, -0.2) is 14.5 Å². The third kappa shape index (κ3) is 4.41. The van der Waals surface area contributed by atoms with Crippen LogP contribution >= 0.6 is 0 Å². The number of nitrogens with one attached hydrogen (secondary N) is 1. The summed E-state index contributed by atoms with van der Waals surface area (Å²) in [4.78, 5) is 21.0. The molecule has 0 fully saturated rings. The summed E-state index contributed by atoms with van der Waals surface area (Å²) in [6.07, 6.45) is 4.81. The molecule has 0 radical (unpaired) electrons. The highest BCUT2D eigenvalue weighted by Crippen LogP contribution is 2.34. The normalized spacial score (nSPS) is 15.0. The lowest BCUT2D eigenvalue weighted by atomic mass is 9.88. The molecule has 0 aliphatic heterocycles. The second-order valence-corrected chi connectivity index (χ2v) is 8.56. The van der Waals surface area contributed by atoms with Gasteiger partial charge in [0.15, 0.2) is 11.6 Å². The van der Waals surface area contributed by atoms with Gasteiger partial charge in [-0.25, -0.2) is 4.39 Å². The Hall–Kier alpha value is -4.00. The third-order valence-corrected chi connectivity index (χ3v) is 6.14. The molecule has 1 aliphatic carbocycles. The second kappa shape index (κ2) is 9.09. The van der Waals surface area contributed by atoms with Gasteiger partial charge in [-0.05, 0) is 55.0 Å². The van der Waals surface area contributed by atoms with Gasteiger partial charge in [-0.15, -0.1) is 0 Å². The van der Waals surface area contributed by atoms with Gasteiger partial charge in [0.25, 0.3) is 0 Å². The summed E-state index contributed by atoms with van der Waals surface area (Å²) in [5.74, 6) is 0.186. The Balaban J connectivity index is 1.56. The van der Waals surface area contributed by atoms with Gasteiger partial charge in [-0.3, -0.25) is 4.79 Å². The second-order valence-electron chi connectivity index (χ2n) is 8.56. The highest BCUT2D eigenvalue weighted by molar-refractivity contribution is 5.62. The Morgan fingerprint density at radius 3 is 2.76 bits per heavy atom. The number of hydrogen-bond donors (Lipinski definition) is 1. The number of hydrogen-bond acceptors (Lipinski definition) is 5. The maximum absolute atomic E-state index is 14.5. The van der Waals surface area contributed by atoms with Gasteiger partial charge in [-0.1, -0.05) is 36.4 Å². The number of fused-ring (bicyclic) bond motifs is 1. The molecule has 1 aliphatic rings. The van der Waals surface area contributed by atoms with E-state index >= 15 is 0 Å². The van der Waals surface area contributed by atoms with Gasteiger partial charge in [0, 0.05) is 30.9 Å². The Bertz CT molecular complexity index is 1400. The van der Waals surface area contributed by atoms with Gasteiger partial charge in [0.1, 0.15) is 5.82 Å². The smallest absolute Gasteiger partial charge is 0.324 e. The molecule has 2 aromatic heterocycles. The van der Waals surface area contributed by atoms with E-state index in [9.17, 15) is 9.18 Å². The van der Waals surface area contributed by atoms with Crippen molar-refractivity contribution >= 4 is 5.82 Å². The first-order valence-electron chi connectivity index (χ1n) is 11.3. The minimum Gasteiger partial charge on any atom is -0.421 e. The van der Waals surface area contributed by atoms with Crippen molar-refractivity contribution < 1.29 is 9.13 Å². The first kappa shape index (κ1) is 21.8. The molecule has 0 saturated heterocycles. The minimum absolute atomic E-state index is 0.0335. The summed E-state index contributed by atoms with van der Waals surface area (Å²) < 4.78 is 21.8. The minimum atomic E-state index is -0.480. The molecule has 6 nitrogen and oxygen atoms in total. The van der Waals surface area contributed by atoms with Crippen LogP contribution in [-0.2, 0) is 13.5 Å². The molecule has 172 valence electrons. The molecule has 0 amide bonds. The van der Waals surface area contributed by atoms with Crippen LogP contribution in [0.5, 0.6) is 11.8 Å². The number of ether oxygens (including phenoxy) is 1. The predicted octanol–water partition coefficient (Wildman–Crippen LogP) is 5.57. The number of anilines is 1. The van der Waals surface area contributed by atoms with Gasteiger partial charge in [0.2, 0.25) is 5.56 Å². The van der Waals surface area contributed by atoms with E-state index in [1.54, 1.807) is 38.4 Å². The van der Waals surface area contributed by atoms with E-state index in [4.69, 9.17) is 4.74 Å². The third-order valence-electron chi connectivity index (χ3n) is 6.14. The maximum Gasteiger partial charge on any atom is 0.324 e. The van der Waals surface area contributed by atoms with E-state index < -0.39 is 5.82 Å². The number of benzene rings is 2. The first-order chi connectivity index (χ1) is 16.5. The Morgan fingerprint density at radius 2 is 1.94 bits per heavy atom. The Kier molecular flexibility index (Phi) is 5.84. The molecule has 0 bridgehead atoms. The van der Waals surface area contributed by atoms with E-state index in [-0.39, 0.29) is 23.4 Å². The fourth-order valence-corrected chi connectivity index (χ4v) is 4.36. The van der Waals surface area contributed by atoms with Crippen molar-refractivity contribution in [1.29, 1.82) is 0 Å². The summed E-state index contributed by atoms with van der Waals surface area (Å²) in [7, 11) is 1.69.